The number of carbonyl (C=O) groups is 2. The lowest BCUT2D eigenvalue weighted by atomic mass is 10.1. The second-order valence-electron chi connectivity index (χ2n) is 7.70. The monoisotopic (exact) mass is 447 g/mol. The second-order valence-corrected chi connectivity index (χ2v) is 7.70. The van der Waals surface area contributed by atoms with Crippen molar-refractivity contribution < 1.29 is 23.2 Å². The van der Waals surface area contributed by atoms with Crippen LogP contribution in [0.5, 0.6) is 0 Å². The molecule has 33 heavy (non-hydrogen) atoms. The molecule has 2 aromatic carbocycles. The lowest BCUT2D eigenvalue weighted by Gasteiger charge is -2.18. The van der Waals surface area contributed by atoms with Crippen LogP contribution in [0.1, 0.15) is 41.5 Å². The summed E-state index contributed by atoms with van der Waals surface area (Å²) in [6, 6.07) is 16.4. The summed E-state index contributed by atoms with van der Waals surface area (Å²) in [6.07, 6.45) is -1.04. The molecule has 0 bridgehead atoms. The summed E-state index contributed by atoms with van der Waals surface area (Å²) in [5.74, 6) is -1.53. The zero-order valence-electron chi connectivity index (χ0n) is 18.3. The molecule has 0 aliphatic heterocycles. The maximum atomic E-state index is 13.3. The zero-order valence-corrected chi connectivity index (χ0v) is 18.3. The van der Waals surface area contributed by atoms with Crippen LogP contribution >= 0.6 is 0 Å². The van der Waals surface area contributed by atoms with E-state index in [9.17, 15) is 14.0 Å². The summed E-state index contributed by atoms with van der Waals surface area (Å²) >= 11 is 0. The van der Waals surface area contributed by atoms with Gasteiger partial charge in [0.05, 0.1) is 28.4 Å². The number of aromatic nitrogens is 2. The molecule has 0 saturated carbocycles. The highest BCUT2D eigenvalue weighted by Gasteiger charge is 2.25. The van der Waals surface area contributed by atoms with Gasteiger partial charge in [-0.3, -0.25) is 4.79 Å². The number of carbonyl (C=O) groups excluding carboxylic acids is 2. The summed E-state index contributed by atoms with van der Waals surface area (Å²) in [5, 5.41) is 7.13. The van der Waals surface area contributed by atoms with E-state index in [2.05, 4.69) is 15.5 Å². The fourth-order valence-electron chi connectivity index (χ4n) is 3.46. The van der Waals surface area contributed by atoms with E-state index in [0.717, 1.165) is 5.56 Å². The zero-order chi connectivity index (χ0) is 23.5. The molecule has 0 spiro atoms. The van der Waals surface area contributed by atoms with Crippen LogP contribution in [0.25, 0.3) is 22.4 Å². The number of hydrogen-bond acceptors (Lipinski definition) is 6. The Bertz CT molecular complexity index is 1300. The molecule has 1 N–H and O–H groups in total. The molecule has 4 rings (SSSR count). The van der Waals surface area contributed by atoms with Crippen molar-refractivity contribution >= 4 is 23.0 Å². The Hall–Kier alpha value is -4.07. The van der Waals surface area contributed by atoms with E-state index >= 15 is 0 Å². The van der Waals surface area contributed by atoms with E-state index in [1.165, 1.54) is 25.1 Å². The van der Waals surface area contributed by atoms with Gasteiger partial charge in [0.2, 0.25) is 0 Å². The Morgan fingerprint density at radius 1 is 1.06 bits per heavy atom. The average Bonchev–Trinajstić information content (AvgIpc) is 3.20. The Morgan fingerprint density at radius 2 is 1.76 bits per heavy atom. The fourth-order valence-corrected chi connectivity index (χ4v) is 3.46. The van der Waals surface area contributed by atoms with Gasteiger partial charge in [0.15, 0.2) is 6.10 Å². The first-order valence-electron chi connectivity index (χ1n) is 10.4. The van der Waals surface area contributed by atoms with Crippen molar-refractivity contribution in [3.05, 3.63) is 83.3 Å². The van der Waals surface area contributed by atoms with Crippen molar-refractivity contribution in [2.75, 3.05) is 0 Å². The molecular weight excluding hydrogens is 425 g/mol. The normalized spacial score (nSPS) is 12.8. The molecule has 2 unspecified atom stereocenters. The van der Waals surface area contributed by atoms with Crippen LogP contribution in [0.15, 0.2) is 65.2 Å². The molecule has 8 heteroatoms. The van der Waals surface area contributed by atoms with Gasteiger partial charge in [-0.2, -0.15) is 0 Å². The molecule has 0 saturated heterocycles. The van der Waals surface area contributed by atoms with Crippen molar-refractivity contribution in [3.63, 3.8) is 0 Å². The minimum atomic E-state index is -1.04. The number of aryl methyl sites for hydroxylation is 1. The number of ether oxygens (including phenoxy) is 1. The lowest BCUT2D eigenvalue weighted by molar-refractivity contribution is -0.129. The minimum absolute atomic E-state index is 0.149. The third-order valence-corrected chi connectivity index (χ3v) is 5.29. The smallest absolute Gasteiger partial charge is 0.339 e. The van der Waals surface area contributed by atoms with Crippen LogP contribution in [0.3, 0.4) is 0 Å². The van der Waals surface area contributed by atoms with Gasteiger partial charge < -0.3 is 14.6 Å². The standard InChI is InChI=1S/C25H22FN3O4/c1-14(17-7-5-4-6-8-17)27-23(30)16(3)32-25(31)20-13-21(18-9-11-19(26)12-10-18)28-24-22(20)15(2)29-33-24/h4-14,16H,1-3H3,(H,27,30). The maximum Gasteiger partial charge on any atom is 0.339 e. The third-order valence-electron chi connectivity index (χ3n) is 5.29. The van der Waals surface area contributed by atoms with Crippen LogP contribution in [0.4, 0.5) is 4.39 Å². The molecule has 2 aromatic heterocycles. The Labute approximate surface area is 189 Å². The van der Waals surface area contributed by atoms with E-state index in [0.29, 0.717) is 22.3 Å². The van der Waals surface area contributed by atoms with Crippen molar-refractivity contribution in [1.82, 2.24) is 15.5 Å². The highest BCUT2D eigenvalue weighted by molar-refractivity contribution is 6.05. The molecular formula is C25H22FN3O4. The molecule has 2 heterocycles. The van der Waals surface area contributed by atoms with Crippen molar-refractivity contribution in [2.24, 2.45) is 0 Å². The fraction of sp³-hybridized carbons (Fsp3) is 0.200. The summed E-state index contributed by atoms with van der Waals surface area (Å²) in [5.41, 5.74) is 2.68. The lowest BCUT2D eigenvalue weighted by Crippen LogP contribution is -2.37. The first-order chi connectivity index (χ1) is 15.8. The molecule has 0 radical (unpaired) electrons. The van der Waals surface area contributed by atoms with E-state index in [4.69, 9.17) is 9.26 Å². The Balaban J connectivity index is 1.57. The number of rotatable bonds is 6. The molecule has 7 nitrogen and oxygen atoms in total. The number of esters is 1. The number of halogens is 1. The first-order valence-corrected chi connectivity index (χ1v) is 10.4. The molecule has 1 amide bonds. The maximum absolute atomic E-state index is 13.3. The van der Waals surface area contributed by atoms with Crippen LogP contribution in [-0.4, -0.2) is 28.1 Å². The molecule has 0 fully saturated rings. The molecule has 2 atom stereocenters. The van der Waals surface area contributed by atoms with Crippen LogP contribution in [0, 0.1) is 12.7 Å². The van der Waals surface area contributed by atoms with E-state index in [1.807, 2.05) is 37.3 Å². The van der Waals surface area contributed by atoms with Gasteiger partial charge in [-0.1, -0.05) is 35.5 Å². The number of nitrogens with zero attached hydrogens (tertiary/aromatic N) is 2. The van der Waals surface area contributed by atoms with Gasteiger partial charge in [-0.25, -0.2) is 14.2 Å². The number of benzene rings is 2. The number of hydrogen-bond donors (Lipinski definition) is 1. The van der Waals surface area contributed by atoms with Crippen molar-refractivity contribution in [1.29, 1.82) is 0 Å². The summed E-state index contributed by atoms with van der Waals surface area (Å²) in [6.45, 7) is 5.04. The van der Waals surface area contributed by atoms with Crippen LogP contribution in [-0.2, 0) is 9.53 Å². The molecule has 168 valence electrons. The van der Waals surface area contributed by atoms with Crippen molar-refractivity contribution in [2.45, 2.75) is 32.9 Å². The highest BCUT2D eigenvalue weighted by atomic mass is 19.1. The van der Waals surface area contributed by atoms with Gasteiger partial charge in [-0.05, 0) is 56.7 Å². The summed E-state index contributed by atoms with van der Waals surface area (Å²) in [4.78, 5) is 30.1. The number of pyridine rings is 1. The van der Waals surface area contributed by atoms with Gasteiger partial charge in [0, 0.05) is 5.56 Å². The molecule has 4 aromatic rings. The van der Waals surface area contributed by atoms with Gasteiger partial charge >= 0.3 is 5.97 Å². The summed E-state index contributed by atoms with van der Waals surface area (Å²) < 4.78 is 24.0. The minimum Gasteiger partial charge on any atom is -0.449 e. The average molecular weight is 447 g/mol. The number of amides is 1. The number of fused-ring (bicyclic) bond motifs is 1. The van der Waals surface area contributed by atoms with Crippen molar-refractivity contribution in [3.8, 4) is 11.3 Å². The van der Waals surface area contributed by atoms with Crippen LogP contribution in [0.2, 0.25) is 0 Å². The SMILES string of the molecule is Cc1noc2nc(-c3ccc(F)cc3)cc(C(=O)OC(C)C(=O)NC(C)c3ccccc3)c12. The van der Waals surface area contributed by atoms with E-state index in [1.54, 1.807) is 19.1 Å². The quantitative estimate of drug-likeness (QED) is 0.428. The Kier molecular flexibility index (Phi) is 6.17. The van der Waals surface area contributed by atoms with Gasteiger partial charge in [-0.15, -0.1) is 0 Å². The highest BCUT2D eigenvalue weighted by Crippen LogP contribution is 2.28. The number of nitrogens with one attached hydrogen (secondary N) is 1. The first kappa shape index (κ1) is 22.1. The second kappa shape index (κ2) is 9.20. The molecule has 0 aliphatic rings. The predicted octanol–water partition coefficient (Wildman–Crippen LogP) is 4.76. The van der Waals surface area contributed by atoms with Gasteiger partial charge in [0.1, 0.15) is 5.82 Å². The van der Waals surface area contributed by atoms with E-state index < -0.39 is 18.0 Å². The molecule has 0 aliphatic carbocycles. The topological polar surface area (TPSA) is 94.3 Å². The Morgan fingerprint density at radius 3 is 2.45 bits per heavy atom. The van der Waals surface area contributed by atoms with E-state index in [-0.39, 0.29) is 23.1 Å². The summed E-state index contributed by atoms with van der Waals surface area (Å²) in [7, 11) is 0. The largest absolute Gasteiger partial charge is 0.449 e. The third kappa shape index (κ3) is 4.74. The van der Waals surface area contributed by atoms with Crippen LogP contribution < -0.4 is 5.32 Å². The van der Waals surface area contributed by atoms with Gasteiger partial charge in [0.25, 0.3) is 11.6 Å². The predicted molar refractivity (Wildman–Crippen MR) is 120 cm³/mol.